The third-order valence-electron chi connectivity index (χ3n) is 2.08. The number of carbonyl (C=O) groups is 1. The summed E-state index contributed by atoms with van der Waals surface area (Å²) < 4.78 is 0. The summed E-state index contributed by atoms with van der Waals surface area (Å²) in [6, 6.07) is 9.81. The zero-order valence-corrected chi connectivity index (χ0v) is 10.4. The van der Waals surface area contributed by atoms with E-state index in [9.17, 15) is 4.79 Å². The maximum Gasteiger partial charge on any atom is 0.243 e. The van der Waals surface area contributed by atoms with Crippen molar-refractivity contribution in [3.8, 4) is 11.8 Å². The van der Waals surface area contributed by atoms with Gasteiger partial charge in [-0.2, -0.15) is 10.3 Å². The Labute approximate surface area is 105 Å². The Morgan fingerprint density at radius 3 is 2.47 bits per heavy atom. The highest BCUT2D eigenvalue weighted by Crippen LogP contribution is 2.23. The van der Waals surface area contributed by atoms with Crippen molar-refractivity contribution < 1.29 is 9.63 Å². The average molecular weight is 253 g/mol. The van der Waals surface area contributed by atoms with Gasteiger partial charge in [-0.3, -0.25) is 4.79 Å². The first-order valence-corrected chi connectivity index (χ1v) is 5.42. The Kier molecular flexibility index (Phi) is 4.36. The van der Waals surface area contributed by atoms with Crippen LogP contribution in [0.5, 0.6) is 5.75 Å². The first kappa shape index (κ1) is 13.3. The summed E-state index contributed by atoms with van der Waals surface area (Å²) in [6.45, 7) is 3.29. The summed E-state index contributed by atoms with van der Waals surface area (Å²) in [5.74, 6) is 0.473. The minimum atomic E-state index is -0.898. The van der Waals surface area contributed by atoms with Gasteiger partial charge in [-0.05, 0) is 26.0 Å². The van der Waals surface area contributed by atoms with Gasteiger partial charge in [0.15, 0.2) is 11.8 Å². The molecule has 0 fully saturated rings. The molecule has 90 valence electrons. The summed E-state index contributed by atoms with van der Waals surface area (Å²) in [7, 11) is 0. The molecule has 0 bridgehead atoms. The molecule has 0 radical (unpaired) electrons. The molecule has 0 saturated carbocycles. The Hall–Kier alpha value is -1.73. The number of halogens is 1. The van der Waals surface area contributed by atoms with Crippen LogP contribution in [0.25, 0.3) is 0 Å². The Morgan fingerprint density at radius 1 is 1.47 bits per heavy atom. The minimum Gasteiger partial charge on any atom is -0.376 e. The van der Waals surface area contributed by atoms with E-state index in [1.807, 2.05) is 12.1 Å². The van der Waals surface area contributed by atoms with Crippen molar-refractivity contribution in [2.75, 3.05) is 0 Å². The van der Waals surface area contributed by atoms with Crippen LogP contribution < -0.4 is 4.84 Å². The van der Waals surface area contributed by atoms with Gasteiger partial charge in [0, 0.05) is 0 Å². The van der Waals surface area contributed by atoms with E-state index in [1.54, 1.807) is 38.1 Å². The monoisotopic (exact) mass is 252 g/mol. The predicted molar refractivity (Wildman–Crippen MR) is 64.3 cm³/mol. The van der Waals surface area contributed by atoms with Crippen LogP contribution in [0.2, 0.25) is 0 Å². The SMILES string of the molecule is CC(C)(Cl)C(C#N)N(C=O)Oc1ccccc1. The zero-order valence-electron chi connectivity index (χ0n) is 9.63. The highest BCUT2D eigenvalue weighted by Gasteiger charge is 2.34. The van der Waals surface area contributed by atoms with Gasteiger partial charge in [0.05, 0.1) is 10.9 Å². The molecule has 1 aromatic carbocycles. The van der Waals surface area contributed by atoms with Crippen molar-refractivity contribution in [1.82, 2.24) is 5.06 Å². The highest BCUT2D eigenvalue weighted by atomic mass is 35.5. The Bertz CT molecular complexity index is 409. The lowest BCUT2D eigenvalue weighted by Crippen LogP contribution is -2.46. The number of carbonyl (C=O) groups excluding carboxylic acids is 1. The van der Waals surface area contributed by atoms with Gasteiger partial charge >= 0.3 is 0 Å². The standard InChI is InChI=1S/C12H13ClN2O2/c1-12(2,13)11(8-14)15(9-16)17-10-6-4-3-5-7-10/h3-7,9,11H,1-2H3. The molecule has 5 heteroatoms. The fraction of sp³-hybridized carbons (Fsp3) is 0.333. The molecule has 0 aliphatic carbocycles. The molecule has 1 atom stereocenters. The lowest BCUT2D eigenvalue weighted by molar-refractivity contribution is -0.148. The number of amides is 1. The summed E-state index contributed by atoms with van der Waals surface area (Å²) in [5, 5.41) is 9.95. The van der Waals surface area contributed by atoms with Crippen LogP contribution in [0.1, 0.15) is 13.8 Å². The molecule has 0 saturated heterocycles. The van der Waals surface area contributed by atoms with E-state index in [2.05, 4.69) is 0 Å². The van der Waals surface area contributed by atoms with Crippen molar-refractivity contribution in [3.63, 3.8) is 0 Å². The van der Waals surface area contributed by atoms with Gasteiger partial charge < -0.3 is 4.84 Å². The van der Waals surface area contributed by atoms with Crippen LogP contribution in [0.4, 0.5) is 0 Å². The summed E-state index contributed by atoms with van der Waals surface area (Å²) >= 11 is 6.04. The van der Waals surface area contributed by atoms with Gasteiger partial charge in [-0.15, -0.1) is 11.6 Å². The smallest absolute Gasteiger partial charge is 0.243 e. The normalized spacial score (nSPS) is 12.4. The molecule has 4 nitrogen and oxygen atoms in total. The third-order valence-corrected chi connectivity index (χ3v) is 2.29. The number of rotatable bonds is 5. The molecule has 1 amide bonds. The number of hydroxylamine groups is 2. The fourth-order valence-corrected chi connectivity index (χ4v) is 1.40. The molecule has 0 aliphatic heterocycles. The summed E-state index contributed by atoms with van der Waals surface area (Å²) in [5.41, 5.74) is 0. The maximum absolute atomic E-state index is 10.9. The molecule has 0 N–H and O–H groups in total. The molecule has 0 aromatic heterocycles. The largest absolute Gasteiger partial charge is 0.376 e. The molecule has 0 heterocycles. The second kappa shape index (κ2) is 5.55. The number of benzene rings is 1. The molecule has 1 rings (SSSR count). The lowest BCUT2D eigenvalue weighted by atomic mass is 10.1. The predicted octanol–water partition coefficient (Wildman–Crippen LogP) is 2.35. The maximum atomic E-state index is 10.9. The first-order chi connectivity index (χ1) is 7.99. The van der Waals surface area contributed by atoms with Crippen molar-refractivity contribution in [2.45, 2.75) is 24.8 Å². The number of para-hydroxylation sites is 1. The number of alkyl halides is 1. The molecule has 17 heavy (non-hydrogen) atoms. The van der Waals surface area contributed by atoms with Crippen LogP contribution in [0.15, 0.2) is 30.3 Å². The Morgan fingerprint density at radius 2 is 2.06 bits per heavy atom. The zero-order chi connectivity index (χ0) is 12.9. The van der Waals surface area contributed by atoms with Crippen LogP contribution in [0.3, 0.4) is 0 Å². The van der Waals surface area contributed by atoms with E-state index < -0.39 is 10.9 Å². The van der Waals surface area contributed by atoms with Crippen molar-refractivity contribution in [1.29, 1.82) is 5.26 Å². The van der Waals surface area contributed by atoms with E-state index in [4.69, 9.17) is 21.7 Å². The molecule has 1 unspecified atom stereocenters. The quantitative estimate of drug-likeness (QED) is 0.459. The third kappa shape index (κ3) is 3.65. The molecule has 0 aliphatic rings. The number of nitriles is 1. The van der Waals surface area contributed by atoms with Crippen molar-refractivity contribution in [3.05, 3.63) is 30.3 Å². The average Bonchev–Trinajstić information content (AvgIpc) is 2.28. The molecular formula is C12H13ClN2O2. The molecule has 0 spiro atoms. The van der Waals surface area contributed by atoms with Gasteiger partial charge in [0.1, 0.15) is 0 Å². The minimum absolute atomic E-state index is 0.449. The Balaban J connectivity index is 2.86. The van der Waals surface area contributed by atoms with E-state index in [0.717, 1.165) is 5.06 Å². The number of hydrogen-bond acceptors (Lipinski definition) is 3. The second-order valence-corrected chi connectivity index (χ2v) is 4.94. The fourth-order valence-electron chi connectivity index (χ4n) is 1.25. The van der Waals surface area contributed by atoms with Crippen molar-refractivity contribution in [2.24, 2.45) is 0 Å². The van der Waals surface area contributed by atoms with Crippen LogP contribution >= 0.6 is 11.6 Å². The summed E-state index contributed by atoms with van der Waals surface area (Å²) in [6.07, 6.45) is 0.449. The molecule has 1 aromatic rings. The lowest BCUT2D eigenvalue weighted by Gasteiger charge is -2.29. The van der Waals surface area contributed by atoms with Gasteiger partial charge in [-0.1, -0.05) is 18.2 Å². The van der Waals surface area contributed by atoms with Crippen LogP contribution in [-0.2, 0) is 4.79 Å². The van der Waals surface area contributed by atoms with E-state index in [1.165, 1.54) is 0 Å². The first-order valence-electron chi connectivity index (χ1n) is 5.04. The van der Waals surface area contributed by atoms with E-state index in [0.29, 0.717) is 12.2 Å². The number of hydrogen-bond donors (Lipinski definition) is 0. The molecular weight excluding hydrogens is 240 g/mol. The van der Waals surface area contributed by atoms with Crippen LogP contribution in [-0.4, -0.2) is 22.4 Å². The van der Waals surface area contributed by atoms with Gasteiger partial charge in [-0.25, -0.2) is 0 Å². The van der Waals surface area contributed by atoms with Gasteiger partial charge in [0.2, 0.25) is 6.41 Å². The summed E-state index contributed by atoms with van der Waals surface area (Å²) in [4.78, 5) is 15.4. The second-order valence-electron chi connectivity index (χ2n) is 3.97. The topological polar surface area (TPSA) is 53.3 Å². The number of nitrogens with zero attached hydrogens (tertiary/aromatic N) is 2. The highest BCUT2D eigenvalue weighted by molar-refractivity contribution is 6.24. The van der Waals surface area contributed by atoms with Crippen molar-refractivity contribution >= 4 is 18.0 Å². The van der Waals surface area contributed by atoms with Gasteiger partial charge in [0.25, 0.3) is 0 Å². The van der Waals surface area contributed by atoms with E-state index in [-0.39, 0.29) is 0 Å². The van der Waals surface area contributed by atoms with Crippen LogP contribution in [0, 0.1) is 11.3 Å². The van der Waals surface area contributed by atoms with E-state index >= 15 is 0 Å².